The molecule has 0 fully saturated rings. The molecular weight excluding hydrogens is 396 g/mol. The van der Waals surface area contributed by atoms with Gasteiger partial charge in [-0.15, -0.1) is 0 Å². The van der Waals surface area contributed by atoms with E-state index in [0.29, 0.717) is 13.2 Å². The third-order valence-corrected chi connectivity index (χ3v) is 5.57. The van der Waals surface area contributed by atoms with Crippen molar-refractivity contribution in [3.05, 3.63) is 120 Å². The van der Waals surface area contributed by atoms with Gasteiger partial charge in [-0.2, -0.15) is 0 Å². The molecule has 0 spiro atoms. The molecule has 1 heterocycles. The summed E-state index contributed by atoms with van der Waals surface area (Å²) in [6, 6.07) is 27.5. The molecule has 0 saturated carbocycles. The summed E-state index contributed by atoms with van der Waals surface area (Å²) in [5, 5.41) is 9.59. The zero-order chi connectivity index (χ0) is 22.2. The van der Waals surface area contributed by atoms with Crippen LogP contribution in [0.15, 0.2) is 109 Å². The average molecular weight is 425 g/mol. The lowest BCUT2D eigenvalue weighted by Gasteiger charge is -2.18. The number of phenolic OH excluding ortho intramolecular Hbond substituents is 1. The van der Waals surface area contributed by atoms with E-state index < -0.39 is 0 Å². The van der Waals surface area contributed by atoms with Gasteiger partial charge in [-0.25, -0.2) is 0 Å². The summed E-state index contributed by atoms with van der Waals surface area (Å²) in [5.74, 6) is 1.11. The third-order valence-electron chi connectivity index (χ3n) is 5.57. The maximum Gasteiger partial charge on any atom is 0.119 e. The molecule has 4 rings (SSSR count). The van der Waals surface area contributed by atoms with Crippen LogP contribution in [-0.2, 0) is 4.74 Å². The summed E-state index contributed by atoms with van der Waals surface area (Å²) in [4.78, 5) is 0. The summed E-state index contributed by atoms with van der Waals surface area (Å²) in [5.41, 5.74) is 5.58. The highest BCUT2D eigenvalue weighted by atomic mass is 16.5. The molecule has 0 amide bonds. The van der Waals surface area contributed by atoms with E-state index in [9.17, 15) is 5.11 Å². The van der Waals surface area contributed by atoms with Crippen LogP contribution >= 0.6 is 0 Å². The van der Waals surface area contributed by atoms with Crippen molar-refractivity contribution in [2.45, 2.75) is 18.9 Å². The number of phenols is 1. The number of hydrogen-bond donors (Lipinski definition) is 1. The lowest BCUT2D eigenvalue weighted by atomic mass is 9.93. The van der Waals surface area contributed by atoms with Gasteiger partial charge in [0.05, 0.1) is 12.7 Å². The molecule has 3 nitrogen and oxygen atoms in total. The van der Waals surface area contributed by atoms with E-state index in [-0.39, 0.29) is 11.9 Å². The van der Waals surface area contributed by atoms with Gasteiger partial charge < -0.3 is 14.6 Å². The Morgan fingerprint density at radius 1 is 0.969 bits per heavy atom. The Bertz CT molecular complexity index is 1080. The number of benzene rings is 3. The Balaban J connectivity index is 1.43. The van der Waals surface area contributed by atoms with Crippen LogP contribution in [0.3, 0.4) is 0 Å². The number of hydrogen-bond acceptors (Lipinski definition) is 3. The quantitative estimate of drug-likeness (QED) is 0.390. The molecule has 1 aliphatic rings. The molecule has 1 aliphatic heterocycles. The van der Waals surface area contributed by atoms with E-state index in [1.165, 1.54) is 11.1 Å². The first-order chi connectivity index (χ1) is 15.7. The Morgan fingerprint density at radius 3 is 2.38 bits per heavy atom. The summed E-state index contributed by atoms with van der Waals surface area (Å²) < 4.78 is 11.9. The third kappa shape index (κ3) is 5.77. The van der Waals surface area contributed by atoms with E-state index in [1.807, 2.05) is 48.5 Å². The van der Waals surface area contributed by atoms with E-state index in [1.54, 1.807) is 12.1 Å². The van der Waals surface area contributed by atoms with Crippen LogP contribution in [0, 0.1) is 0 Å². The van der Waals surface area contributed by atoms with E-state index in [4.69, 9.17) is 9.47 Å². The highest BCUT2D eigenvalue weighted by molar-refractivity contribution is 5.81. The van der Waals surface area contributed by atoms with E-state index >= 15 is 0 Å². The first-order valence-electron chi connectivity index (χ1n) is 10.9. The molecule has 3 aromatic carbocycles. The van der Waals surface area contributed by atoms with Gasteiger partial charge in [-0.3, -0.25) is 0 Å². The van der Waals surface area contributed by atoms with E-state index in [2.05, 4.69) is 43.0 Å². The highest BCUT2D eigenvalue weighted by Crippen LogP contribution is 2.30. The van der Waals surface area contributed by atoms with Gasteiger partial charge in [-0.05, 0) is 65.0 Å². The van der Waals surface area contributed by atoms with Gasteiger partial charge in [0.2, 0.25) is 0 Å². The largest absolute Gasteiger partial charge is 0.508 e. The van der Waals surface area contributed by atoms with Crippen LogP contribution in [0.25, 0.3) is 11.6 Å². The first kappa shape index (κ1) is 21.7. The van der Waals surface area contributed by atoms with Gasteiger partial charge in [0.25, 0.3) is 0 Å². The smallest absolute Gasteiger partial charge is 0.119 e. The maximum atomic E-state index is 9.59. The SMILES string of the molecule is C=C(COc1ccccc1)C1=CCOC1CC/C(=C/c1ccc(O)cc1)c1ccccc1. The molecule has 0 aliphatic carbocycles. The molecule has 1 unspecified atom stereocenters. The number of allylic oxidation sites excluding steroid dienone is 1. The Kier molecular flexibility index (Phi) is 7.21. The second-order valence-corrected chi connectivity index (χ2v) is 7.85. The van der Waals surface area contributed by atoms with Crippen molar-refractivity contribution < 1.29 is 14.6 Å². The average Bonchev–Trinajstić information content (AvgIpc) is 3.31. The predicted molar refractivity (Wildman–Crippen MR) is 131 cm³/mol. The van der Waals surface area contributed by atoms with Crippen LogP contribution in [-0.4, -0.2) is 24.4 Å². The molecule has 3 heteroatoms. The Labute approximate surface area is 190 Å². The molecular formula is C29H28O3. The lowest BCUT2D eigenvalue weighted by molar-refractivity contribution is 0.117. The number of para-hydroxylation sites is 1. The van der Waals surface area contributed by atoms with Crippen LogP contribution < -0.4 is 4.74 Å². The van der Waals surface area contributed by atoms with Crippen molar-refractivity contribution in [3.8, 4) is 11.5 Å². The summed E-state index contributed by atoms with van der Waals surface area (Å²) in [6.45, 7) is 5.30. The lowest BCUT2D eigenvalue weighted by Crippen LogP contribution is -2.14. The van der Waals surface area contributed by atoms with E-state index in [0.717, 1.165) is 35.3 Å². The minimum Gasteiger partial charge on any atom is -0.508 e. The van der Waals surface area contributed by atoms with Crippen molar-refractivity contribution in [2.75, 3.05) is 13.2 Å². The fourth-order valence-corrected chi connectivity index (χ4v) is 3.87. The fraction of sp³-hybridized carbons (Fsp3) is 0.172. The molecule has 0 radical (unpaired) electrons. The Hall–Kier alpha value is -3.56. The second kappa shape index (κ2) is 10.7. The van der Waals surface area contributed by atoms with Gasteiger partial charge in [0.15, 0.2) is 0 Å². The zero-order valence-corrected chi connectivity index (χ0v) is 18.1. The fourth-order valence-electron chi connectivity index (χ4n) is 3.87. The highest BCUT2D eigenvalue weighted by Gasteiger charge is 2.23. The predicted octanol–water partition coefficient (Wildman–Crippen LogP) is 6.67. The van der Waals surface area contributed by atoms with Gasteiger partial charge in [0.1, 0.15) is 18.1 Å². The van der Waals surface area contributed by atoms with Crippen LogP contribution in [0.2, 0.25) is 0 Å². The maximum absolute atomic E-state index is 9.59. The van der Waals surface area contributed by atoms with Crippen LogP contribution in [0.5, 0.6) is 11.5 Å². The zero-order valence-electron chi connectivity index (χ0n) is 18.1. The molecule has 162 valence electrons. The summed E-state index contributed by atoms with van der Waals surface area (Å²) >= 11 is 0. The molecule has 0 bridgehead atoms. The van der Waals surface area contributed by atoms with Crippen molar-refractivity contribution in [2.24, 2.45) is 0 Å². The molecule has 0 aromatic heterocycles. The Morgan fingerprint density at radius 2 is 1.66 bits per heavy atom. The van der Waals surface area contributed by atoms with Gasteiger partial charge in [0, 0.05) is 0 Å². The minimum atomic E-state index is 0.00815. The van der Waals surface area contributed by atoms with Crippen LogP contribution in [0.1, 0.15) is 24.0 Å². The molecule has 1 N–H and O–H groups in total. The van der Waals surface area contributed by atoms with Crippen molar-refractivity contribution >= 4 is 11.6 Å². The standard InChI is InChI=1S/C29H28O3/c1-22(21-32-27-10-6-3-7-11-27)28-18-19-31-29(28)17-14-25(24-8-4-2-5-9-24)20-23-12-15-26(30)16-13-23/h2-13,15-16,18,20,29-30H,1,14,17,19,21H2/b25-20-. The monoisotopic (exact) mass is 424 g/mol. The van der Waals surface area contributed by atoms with Crippen molar-refractivity contribution in [3.63, 3.8) is 0 Å². The summed E-state index contributed by atoms with van der Waals surface area (Å²) in [7, 11) is 0. The summed E-state index contributed by atoms with van der Waals surface area (Å²) in [6.07, 6.45) is 6.02. The van der Waals surface area contributed by atoms with Gasteiger partial charge >= 0.3 is 0 Å². The second-order valence-electron chi connectivity index (χ2n) is 7.85. The van der Waals surface area contributed by atoms with Crippen molar-refractivity contribution in [1.29, 1.82) is 0 Å². The van der Waals surface area contributed by atoms with Crippen molar-refractivity contribution in [1.82, 2.24) is 0 Å². The molecule has 3 aromatic rings. The van der Waals surface area contributed by atoms with Crippen LogP contribution in [0.4, 0.5) is 0 Å². The molecule has 1 atom stereocenters. The minimum absolute atomic E-state index is 0.00815. The van der Waals surface area contributed by atoms with Gasteiger partial charge in [-0.1, -0.05) is 79.4 Å². The molecule has 0 saturated heterocycles. The number of aromatic hydroxyl groups is 1. The first-order valence-corrected chi connectivity index (χ1v) is 10.9. The molecule has 32 heavy (non-hydrogen) atoms. The number of rotatable bonds is 9. The normalized spacial score (nSPS) is 15.9. The number of ether oxygens (including phenoxy) is 2. The topological polar surface area (TPSA) is 38.7 Å².